The average Bonchev–Trinajstić information content (AvgIpc) is 2.86. The maximum Gasteiger partial charge on any atom is 0.310 e. The molecule has 0 heterocycles. The zero-order valence-corrected chi connectivity index (χ0v) is 10.4. The van der Waals surface area contributed by atoms with Gasteiger partial charge < -0.3 is 9.47 Å². The van der Waals surface area contributed by atoms with Crippen LogP contribution in [0.15, 0.2) is 12.2 Å². The van der Waals surface area contributed by atoms with Crippen LogP contribution in [0, 0.1) is 23.7 Å². The van der Waals surface area contributed by atoms with Crippen molar-refractivity contribution in [3.05, 3.63) is 12.2 Å². The predicted octanol–water partition coefficient (Wildman–Crippen LogP) is 1.55. The topological polar surface area (TPSA) is 52.6 Å². The molecule has 1 fully saturated rings. The van der Waals surface area contributed by atoms with Gasteiger partial charge in [0.15, 0.2) is 0 Å². The van der Waals surface area contributed by atoms with Crippen molar-refractivity contribution < 1.29 is 19.1 Å². The van der Waals surface area contributed by atoms with Crippen molar-refractivity contribution in [1.29, 1.82) is 0 Å². The molecule has 4 unspecified atom stereocenters. The molecule has 2 rings (SSSR count). The number of methoxy groups -OCH3 is 1. The van der Waals surface area contributed by atoms with E-state index in [9.17, 15) is 9.59 Å². The second-order valence-corrected chi connectivity index (χ2v) is 5.01. The van der Waals surface area contributed by atoms with Crippen molar-refractivity contribution in [2.45, 2.75) is 26.4 Å². The summed E-state index contributed by atoms with van der Waals surface area (Å²) < 4.78 is 10.0. The van der Waals surface area contributed by atoms with Gasteiger partial charge in [0.2, 0.25) is 0 Å². The molecule has 4 heteroatoms. The van der Waals surface area contributed by atoms with Gasteiger partial charge in [-0.15, -0.1) is 0 Å². The number of allylic oxidation sites excluding steroid dienone is 2. The zero-order chi connectivity index (χ0) is 12.6. The number of hydrogen-bond acceptors (Lipinski definition) is 4. The SMILES string of the molecule is COC(=O)C1C2C=CC(C2)C1C(=O)OC(C)C. The normalized spacial score (nSPS) is 34.1. The molecule has 0 saturated heterocycles. The summed E-state index contributed by atoms with van der Waals surface area (Å²) in [6, 6.07) is 0. The monoisotopic (exact) mass is 238 g/mol. The maximum absolute atomic E-state index is 12.0. The van der Waals surface area contributed by atoms with Gasteiger partial charge in [0.1, 0.15) is 0 Å². The third-order valence-electron chi connectivity index (χ3n) is 3.56. The van der Waals surface area contributed by atoms with E-state index in [0.717, 1.165) is 6.42 Å². The van der Waals surface area contributed by atoms with Gasteiger partial charge in [0.25, 0.3) is 0 Å². The number of carbonyl (C=O) groups is 2. The number of ether oxygens (including phenoxy) is 2. The van der Waals surface area contributed by atoms with E-state index in [-0.39, 0.29) is 41.7 Å². The van der Waals surface area contributed by atoms with Gasteiger partial charge >= 0.3 is 11.9 Å². The fourth-order valence-electron chi connectivity index (χ4n) is 2.91. The first-order chi connectivity index (χ1) is 8.04. The maximum atomic E-state index is 12.0. The van der Waals surface area contributed by atoms with E-state index >= 15 is 0 Å². The summed E-state index contributed by atoms with van der Waals surface area (Å²) in [5.41, 5.74) is 0. The van der Waals surface area contributed by atoms with E-state index < -0.39 is 0 Å². The molecule has 94 valence electrons. The van der Waals surface area contributed by atoms with Gasteiger partial charge in [-0.2, -0.15) is 0 Å². The van der Waals surface area contributed by atoms with Crippen LogP contribution in [0.4, 0.5) is 0 Å². The van der Waals surface area contributed by atoms with E-state index in [1.165, 1.54) is 7.11 Å². The highest BCUT2D eigenvalue weighted by molar-refractivity contribution is 5.84. The second-order valence-electron chi connectivity index (χ2n) is 5.01. The summed E-state index contributed by atoms with van der Waals surface area (Å²) in [5, 5.41) is 0. The van der Waals surface area contributed by atoms with Gasteiger partial charge in [-0.05, 0) is 32.1 Å². The minimum Gasteiger partial charge on any atom is -0.469 e. The van der Waals surface area contributed by atoms with Crippen LogP contribution in [0.2, 0.25) is 0 Å². The van der Waals surface area contributed by atoms with Gasteiger partial charge in [-0.1, -0.05) is 12.2 Å². The highest BCUT2D eigenvalue weighted by atomic mass is 16.5. The minimum atomic E-state index is -0.361. The second kappa shape index (κ2) is 4.51. The quantitative estimate of drug-likeness (QED) is 0.553. The third-order valence-corrected chi connectivity index (χ3v) is 3.56. The predicted molar refractivity (Wildman–Crippen MR) is 61.0 cm³/mol. The first-order valence-electron chi connectivity index (χ1n) is 6.01. The Labute approximate surface area is 101 Å². The van der Waals surface area contributed by atoms with Crippen molar-refractivity contribution in [3.63, 3.8) is 0 Å². The first-order valence-corrected chi connectivity index (χ1v) is 6.01. The number of fused-ring (bicyclic) bond motifs is 2. The van der Waals surface area contributed by atoms with Crippen LogP contribution < -0.4 is 0 Å². The van der Waals surface area contributed by atoms with Crippen LogP contribution in [-0.4, -0.2) is 25.2 Å². The lowest BCUT2D eigenvalue weighted by molar-refractivity contribution is -0.162. The lowest BCUT2D eigenvalue weighted by atomic mass is 9.83. The highest BCUT2D eigenvalue weighted by Gasteiger charge is 2.52. The molecule has 0 aromatic carbocycles. The minimum absolute atomic E-state index is 0.135. The van der Waals surface area contributed by atoms with Crippen LogP contribution in [0.1, 0.15) is 20.3 Å². The van der Waals surface area contributed by atoms with E-state index in [1.54, 1.807) is 0 Å². The Hall–Kier alpha value is -1.32. The summed E-state index contributed by atoms with van der Waals surface area (Å²) in [4.78, 5) is 23.8. The molecule has 2 bridgehead atoms. The van der Waals surface area contributed by atoms with E-state index in [1.807, 2.05) is 26.0 Å². The molecule has 0 aromatic rings. The van der Waals surface area contributed by atoms with Gasteiger partial charge in [0.05, 0.1) is 25.0 Å². The Morgan fingerprint density at radius 1 is 1.12 bits per heavy atom. The number of carbonyl (C=O) groups excluding carboxylic acids is 2. The van der Waals surface area contributed by atoms with Crippen LogP contribution in [0.25, 0.3) is 0 Å². The number of rotatable bonds is 3. The van der Waals surface area contributed by atoms with E-state index in [0.29, 0.717) is 0 Å². The summed E-state index contributed by atoms with van der Waals surface area (Å²) in [5.74, 6) is -1.02. The Balaban J connectivity index is 2.16. The lowest BCUT2D eigenvalue weighted by Gasteiger charge is -2.25. The molecule has 17 heavy (non-hydrogen) atoms. The van der Waals surface area contributed by atoms with Crippen LogP contribution in [0.3, 0.4) is 0 Å². The summed E-state index contributed by atoms with van der Waals surface area (Å²) in [6.07, 6.45) is 4.75. The fourth-order valence-corrected chi connectivity index (χ4v) is 2.91. The van der Waals surface area contributed by atoms with Crippen molar-refractivity contribution in [2.24, 2.45) is 23.7 Å². The average molecular weight is 238 g/mol. The van der Waals surface area contributed by atoms with Crippen LogP contribution in [0.5, 0.6) is 0 Å². The van der Waals surface area contributed by atoms with Crippen LogP contribution >= 0.6 is 0 Å². The fraction of sp³-hybridized carbons (Fsp3) is 0.692. The van der Waals surface area contributed by atoms with Crippen molar-refractivity contribution in [3.8, 4) is 0 Å². The molecular formula is C13H18O4. The Morgan fingerprint density at radius 3 is 2.12 bits per heavy atom. The molecule has 0 aromatic heterocycles. The lowest BCUT2D eigenvalue weighted by Crippen LogP contribution is -2.35. The number of hydrogen-bond donors (Lipinski definition) is 0. The summed E-state index contributed by atoms with van der Waals surface area (Å²) >= 11 is 0. The molecule has 1 saturated carbocycles. The molecule has 0 radical (unpaired) electrons. The van der Waals surface area contributed by atoms with Crippen molar-refractivity contribution >= 4 is 11.9 Å². The van der Waals surface area contributed by atoms with Crippen LogP contribution in [-0.2, 0) is 19.1 Å². The first kappa shape index (κ1) is 12.1. The summed E-state index contributed by atoms with van der Waals surface area (Å²) in [7, 11) is 1.36. The Kier molecular flexibility index (Phi) is 3.22. The Morgan fingerprint density at radius 2 is 1.65 bits per heavy atom. The molecule has 2 aliphatic carbocycles. The van der Waals surface area contributed by atoms with Gasteiger partial charge in [-0.25, -0.2) is 0 Å². The molecule has 0 aliphatic heterocycles. The van der Waals surface area contributed by atoms with E-state index in [2.05, 4.69) is 0 Å². The van der Waals surface area contributed by atoms with Crippen molar-refractivity contribution in [2.75, 3.05) is 7.11 Å². The molecule has 0 amide bonds. The van der Waals surface area contributed by atoms with Gasteiger partial charge in [-0.3, -0.25) is 9.59 Å². The molecule has 4 atom stereocenters. The Bertz CT molecular complexity index is 358. The molecular weight excluding hydrogens is 220 g/mol. The smallest absolute Gasteiger partial charge is 0.310 e. The largest absolute Gasteiger partial charge is 0.469 e. The van der Waals surface area contributed by atoms with E-state index in [4.69, 9.17) is 9.47 Å². The standard InChI is InChI=1S/C13H18O4/c1-7(2)17-13(15)11-9-5-4-8(6-9)10(11)12(14)16-3/h4-5,7-11H,6H2,1-3H3. The highest BCUT2D eigenvalue weighted by Crippen LogP contribution is 2.49. The molecule has 0 N–H and O–H groups in total. The zero-order valence-electron chi connectivity index (χ0n) is 10.4. The van der Waals surface area contributed by atoms with Crippen molar-refractivity contribution in [1.82, 2.24) is 0 Å². The molecule has 0 spiro atoms. The third kappa shape index (κ3) is 2.08. The number of esters is 2. The molecule has 2 aliphatic rings. The summed E-state index contributed by atoms with van der Waals surface area (Å²) in [6.45, 7) is 3.63. The van der Waals surface area contributed by atoms with Gasteiger partial charge in [0, 0.05) is 0 Å². The molecule has 4 nitrogen and oxygen atoms in total.